The number of carbonyl (C=O) groups is 2. The summed E-state index contributed by atoms with van der Waals surface area (Å²) in [6, 6.07) is 14.4. The molecule has 0 aliphatic carbocycles. The van der Waals surface area contributed by atoms with Crippen molar-refractivity contribution in [2.75, 3.05) is 14.2 Å². The van der Waals surface area contributed by atoms with E-state index in [-0.39, 0.29) is 11.8 Å². The normalized spacial score (nSPS) is 11.6. The van der Waals surface area contributed by atoms with Crippen LogP contribution in [-0.2, 0) is 9.59 Å². The van der Waals surface area contributed by atoms with Crippen molar-refractivity contribution in [3.8, 4) is 11.5 Å². The van der Waals surface area contributed by atoms with Crippen molar-refractivity contribution in [1.82, 2.24) is 5.32 Å². The molecule has 0 bridgehead atoms. The molecule has 0 radical (unpaired) electrons. The van der Waals surface area contributed by atoms with Gasteiger partial charge in [-0.05, 0) is 53.4 Å². The molecule has 0 heterocycles. The van der Waals surface area contributed by atoms with Crippen molar-refractivity contribution in [2.45, 2.75) is 20.3 Å². The second-order valence-electron chi connectivity index (χ2n) is 6.51. The third-order valence-electron chi connectivity index (χ3n) is 4.02. The average molecular weight is 367 g/mol. The number of amides is 1. The standard InChI is InChI=1S/C22H25NO4/c1-15(2)13-21(25)23-22(17-7-11-19(27-4)12-8-17)20(14-24)16-5-9-18(26-3)10-6-16/h5-12,14-15H,13H2,1-4H3,(H,23,25)/b22-20-. The summed E-state index contributed by atoms with van der Waals surface area (Å²) in [5, 5.41) is 2.92. The molecule has 0 fully saturated rings. The number of hydrogen-bond acceptors (Lipinski definition) is 4. The highest BCUT2D eigenvalue weighted by Gasteiger charge is 2.15. The monoisotopic (exact) mass is 367 g/mol. The third-order valence-corrected chi connectivity index (χ3v) is 4.02. The third kappa shape index (κ3) is 5.45. The van der Waals surface area contributed by atoms with E-state index in [2.05, 4.69) is 5.32 Å². The maximum absolute atomic E-state index is 12.4. The maximum Gasteiger partial charge on any atom is 0.224 e. The maximum atomic E-state index is 12.4. The summed E-state index contributed by atoms with van der Waals surface area (Å²) in [5.74, 6) is 1.47. The van der Waals surface area contributed by atoms with Gasteiger partial charge in [-0.2, -0.15) is 0 Å². The molecule has 0 saturated heterocycles. The summed E-state index contributed by atoms with van der Waals surface area (Å²) < 4.78 is 10.4. The summed E-state index contributed by atoms with van der Waals surface area (Å²) in [5.41, 5.74) is 2.30. The Labute approximate surface area is 160 Å². The van der Waals surface area contributed by atoms with Crippen LogP contribution in [0.5, 0.6) is 11.5 Å². The molecule has 27 heavy (non-hydrogen) atoms. The zero-order chi connectivity index (χ0) is 19.8. The van der Waals surface area contributed by atoms with Crippen LogP contribution < -0.4 is 14.8 Å². The minimum atomic E-state index is -0.135. The predicted molar refractivity (Wildman–Crippen MR) is 106 cm³/mol. The quantitative estimate of drug-likeness (QED) is 0.436. The molecule has 2 aromatic carbocycles. The molecule has 0 atom stereocenters. The van der Waals surface area contributed by atoms with Gasteiger partial charge in [-0.25, -0.2) is 0 Å². The van der Waals surface area contributed by atoms with Crippen LogP contribution in [0.2, 0.25) is 0 Å². The summed E-state index contributed by atoms with van der Waals surface area (Å²) >= 11 is 0. The van der Waals surface area contributed by atoms with Gasteiger partial charge in [0.1, 0.15) is 11.5 Å². The number of allylic oxidation sites excluding steroid dienone is 1. The molecule has 0 aromatic heterocycles. The highest BCUT2D eigenvalue weighted by molar-refractivity contribution is 6.18. The van der Waals surface area contributed by atoms with Crippen molar-refractivity contribution in [3.05, 3.63) is 59.7 Å². The van der Waals surface area contributed by atoms with Crippen LogP contribution in [0.3, 0.4) is 0 Å². The van der Waals surface area contributed by atoms with E-state index < -0.39 is 0 Å². The highest BCUT2D eigenvalue weighted by atomic mass is 16.5. The van der Waals surface area contributed by atoms with Crippen molar-refractivity contribution in [2.24, 2.45) is 5.92 Å². The molecule has 1 amide bonds. The van der Waals surface area contributed by atoms with E-state index in [9.17, 15) is 9.59 Å². The number of ether oxygens (including phenoxy) is 2. The Hall–Kier alpha value is -3.08. The zero-order valence-electron chi connectivity index (χ0n) is 16.1. The minimum absolute atomic E-state index is 0.135. The van der Waals surface area contributed by atoms with E-state index in [1.54, 1.807) is 50.6 Å². The van der Waals surface area contributed by atoms with E-state index in [0.29, 0.717) is 34.8 Å². The van der Waals surface area contributed by atoms with Gasteiger partial charge in [-0.3, -0.25) is 9.59 Å². The Balaban J connectivity index is 2.52. The molecule has 5 heteroatoms. The molecule has 0 unspecified atom stereocenters. The number of methoxy groups -OCH3 is 2. The first-order chi connectivity index (χ1) is 13.0. The van der Waals surface area contributed by atoms with Gasteiger partial charge in [0.2, 0.25) is 5.91 Å². The fourth-order valence-electron chi connectivity index (χ4n) is 2.66. The Morgan fingerprint density at radius 3 is 1.81 bits per heavy atom. The van der Waals surface area contributed by atoms with Crippen molar-refractivity contribution >= 4 is 23.5 Å². The van der Waals surface area contributed by atoms with Gasteiger partial charge in [0, 0.05) is 12.0 Å². The lowest BCUT2D eigenvalue weighted by Crippen LogP contribution is -2.24. The number of benzene rings is 2. The Morgan fingerprint density at radius 1 is 0.926 bits per heavy atom. The Morgan fingerprint density at radius 2 is 1.41 bits per heavy atom. The van der Waals surface area contributed by atoms with Crippen LogP contribution in [0.25, 0.3) is 11.3 Å². The number of rotatable bonds is 8. The fraction of sp³-hybridized carbons (Fsp3) is 0.273. The topological polar surface area (TPSA) is 64.6 Å². The van der Waals surface area contributed by atoms with E-state index >= 15 is 0 Å². The first-order valence-electron chi connectivity index (χ1n) is 8.76. The fourth-order valence-corrected chi connectivity index (χ4v) is 2.66. The molecular weight excluding hydrogens is 342 g/mol. The van der Waals surface area contributed by atoms with E-state index in [0.717, 1.165) is 11.8 Å². The molecule has 0 saturated carbocycles. The highest BCUT2D eigenvalue weighted by Crippen LogP contribution is 2.26. The van der Waals surface area contributed by atoms with Gasteiger partial charge in [-0.15, -0.1) is 0 Å². The van der Waals surface area contributed by atoms with Crippen molar-refractivity contribution in [3.63, 3.8) is 0 Å². The lowest BCUT2D eigenvalue weighted by atomic mass is 9.99. The molecular formula is C22H25NO4. The number of carbonyl (C=O) groups excluding carboxylic acids is 2. The minimum Gasteiger partial charge on any atom is -0.497 e. The van der Waals surface area contributed by atoms with Crippen LogP contribution in [0, 0.1) is 5.92 Å². The molecule has 0 aliphatic rings. The van der Waals surface area contributed by atoms with Crippen molar-refractivity contribution < 1.29 is 19.1 Å². The first-order valence-corrected chi connectivity index (χ1v) is 8.76. The molecule has 5 nitrogen and oxygen atoms in total. The SMILES string of the molecule is COc1ccc(/C(C=O)=C(\NC(=O)CC(C)C)c2ccc(OC)cc2)cc1. The molecule has 2 rings (SSSR count). The Kier molecular flexibility index (Phi) is 7.17. The number of nitrogens with one attached hydrogen (secondary N) is 1. The van der Waals surface area contributed by atoms with Crippen LogP contribution in [0.15, 0.2) is 48.5 Å². The van der Waals surface area contributed by atoms with Crippen LogP contribution in [0.1, 0.15) is 31.4 Å². The molecule has 0 spiro atoms. The van der Waals surface area contributed by atoms with Gasteiger partial charge < -0.3 is 14.8 Å². The van der Waals surface area contributed by atoms with Crippen LogP contribution in [0.4, 0.5) is 0 Å². The van der Waals surface area contributed by atoms with E-state index in [1.807, 2.05) is 26.0 Å². The predicted octanol–water partition coefficient (Wildman–Crippen LogP) is 3.93. The van der Waals surface area contributed by atoms with E-state index in [1.165, 1.54) is 0 Å². The molecule has 2 aromatic rings. The van der Waals surface area contributed by atoms with Gasteiger partial charge in [-0.1, -0.05) is 26.0 Å². The molecule has 0 aliphatic heterocycles. The smallest absolute Gasteiger partial charge is 0.224 e. The van der Waals surface area contributed by atoms with Gasteiger partial charge in [0.05, 0.1) is 19.9 Å². The zero-order valence-corrected chi connectivity index (χ0v) is 16.1. The number of hydrogen-bond donors (Lipinski definition) is 1. The Bertz CT molecular complexity index is 805. The molecule has 1 N–H and O–H groups in total. The average Bonchev–Trinajstić information content (AvgIpc) is 2.67. The largest absolute Gasteiger partial charge is 0.497 e. The second-order valence-corrected chi connectivity index (χ2v) is 6.51. The van der Waals surface area contributed by atoms with Gasteiger partial charge in [0.15, 0.2) is 6.29 Å². The van der Waals surface area contributed by atoms with Crippen LogP contribution >= 0.6 is 0 Å². The second kappa shape index (κ2) is 9.57. The lowest BCUT2D eigenvalue weighted by Gasteiger charge is -2.15. The van der Waals surface area contributed by atoms with Crippen molar-refractivity contribution in [1.29, 1.82) is 0 Å². The summed E-state index contributed by atoms with van der Waals surface area (Å²) in [6.45, 7) is 3.95. The summed E-state index contributed by atoms with van der Waals surface area (Å²) in [4.78, 5) is 24.3. The molecule has 142 valence electrons. The number of aldehydes is 1. The first kappa shape index (κ1) is 20.2. The van der Waals surface area contributed by atoms with E-state index in [4.69, 9.17) is 9.47 Å². The summed E-state index contributed by atoms with van der Waals surface area (Å²) in [6.07, 6.45) is 1.13. The van der Waals surface area contributed by atoms with Gasteiger partial charge >= 0.3 is 0 Å². The van der Waals surface area contributed by atoms with Crippen LogP contribution in [-0.4, -0.2) is 26.4 Å². The summed E-state index contributed by atoms with van der Waals surface area (Å²) in [7, 11) is 3.17. The van der Waals surface area contributed by atoms with Gasteiger partial charge in [0.25, 0.3) is 0 Å². The lowest BCUT2D eigenvalue weighted by molar-refractivity contribution is -0.120.